The fourth-order valence-corrected chi connectivity index (χ4v) is 1.65. The zero-order valence-electron chi connectivity index (χ0n) is 11.7. The number of carbonyl (C=O) groups excluding carboxylic acids is 3. The van der Waals surface area contributed by atoms with E-state index in [-0.39, 0.29) is 50.3 Å². The third kappa shape index (κ3) is 8.60. The molecule has 0 saturated carbocycles. The minimum atomic E-state index is -0.405. The maximum absolute atomic E-state index is 11.6. The third-order valence-corrected chi connectivity index (χ3v) is 2.96. The number of nitrogens with one attached hydrogen (secondary N) is 3. The van der Waals surface area contributed by atoms with Gasteiger partial charge in [0.1, 0.15) is 0 Å². The average molecular weight is 394 g/mol. The summed E-state index contributed by atoms with van der Waals surface area (Å²) in [5.74, 6) is -0.977. The van der Waals surface area contributed by atoms with Crippen molar-refractivity contribution < 1.29 is 14.4 Å². The van der Waals surface area contributed by atoms with Crippen molar-refractivity contribution in [3.8, 4) is 0 Å². The Hall–Kier alpha value is -1.64. The van der Waals surface area contributed by atoms with Crippen molar-refractivity contribution in [2.24, 2.45) is 5.73 Å². The molecule has 0 aliphatic heterocycles. The van der Waals surface area contributed by atoms with Crippen LogP contribution in [0.5, 0.6) is 0 Å². The van der Waals surface area contributed by atoms with E-state index in [9.17, 15) is 14.4 Å². The number of halogens is 2. The smallest absolute Gasteiger partial charge is 0.239 e. The quantitative estimate of drug-likeness (QED) is 0.536. The first-order valence-electron chi connectivity index (χ1n) is 6.30. The fourth-order valence-electron chi connectivity index (χ4n) is 1.39. The van der Waals surface area contributed by atoms with Crippen molar-refractivity contribution >= 4 is 51.7 Å². The number of hydrogen-bond donors (Lipinski definition) is 4. The first-order valence-corrected chi connectivity index (χ1v) is 7.09. The maximum atomic E-state index is 11.6. The number of carbonyl (C=O) groups is 3. The first-order chi connectivity index (χ1) is 10.0. The summed E-state index contributed by atoms with van der Waals surface area (Å²) in [6.45, 7) is -0.118. The van der Waals surface area contributed by atoms with Gasteiger partial charge in [-0.15, -0.1) is 12.4 Å². The van der Waals surface area contributed by atoms with Gasteiger partial charge in [0.2, 0.25) is 17.7 Å². The van der Waals surface area contributed by atoms with Crippen LogP contribution in [0.4, 0.5) is 5.69 Å². The molecule has 0 aliphatic rings. The van der Waals surface area contributed by atoms with Gasteiger partial charge in [0.25, 0.3) is 0 Å². The van der Waals surface area contributed by atoms with E-state index in [1.165, 1.54) is 0 Å². The Morgan fingerprint density at radius 3 is 2.23 bits per heavy atom. The molecular weight excluding hydrogens is 376 g/mol. The van der Waals surface area contributed by atoms with Crippen LogP contribution in [0.1, 0.15) is 6.42 Å². The summed E-state index contributed by atoms with van der Waals surface area (Å²) in [7, 11) is 0. The van der Waals surface area contributed by atoms with Crippen molar-refractivity contribution in [1.29, 1.82) is 0 Å². The van der Waals surface area contributed by atoms with Crippen molar-refractivity contribution in [3.05, 3.63) is 28.7 Å². The number of amides is 3. The van der Waals surface area contributed by atoms with Gasteiger partial charge in [0.15, 0.2) is 0 Å². The zero-order chi connectivity index (χ0) is 15.7. The van der Waals surface area contributed by atoms with E-state index in [1.807, 2.05) is 12.1 Å². The second kappa shape index (κ2) is 11.0. The Labute approximate surface area is 142 Å². The summed E-state index contributed by atoms with van der Waals surface area (Å²) in [6.07, 6.45) is 0.145. The molecule has 122 valence electrons. The molecule has 0 radical (unpaired) electrons. The van der Waals surface area contributed by atoms with E-state index in [0.717, 1.165) is 4.47 Å². The average Bonchev–Trinajstić information content (AvgIpc) is 2.47. The highest BCUT2D eigenvalue weighted by Gasteiger charge is 2.06. The second-order valence-corrected chi connectivity index (χ2v) is 5.05. The van der Waals surface area contributed by atoms with Gasteiger partial charge in [0.05, 0.1) is 13.1 Å². The Balaban J connectivity index is 0.00000441. The van der Waals surface area contributed by atoms with Gasteiger partial charge in [-0.05, 0) is 24.3 Å². The summed E-state index contributed by atoms with van der Waals surface area (Å²) in [6, 6.07) is 7.17. The molecule has 0 bridgehead atoms. The van der Waals surface area contributed by atoms with Crippen molar-refractivity contribution in [2.45, 2.75) is 6.42 Å². The Kier molecular flexibility index (Phi) is 10.2. The molecule has 0 heterocycles. The molecule has 7 nitrogen and oxygen atoms in total. The molecule has 1 rings (SSSR count). The number of anilines is 1. The van der Waals surface area contributed by atoms with Gasteiger partial charge >= 0.3 is 0 Å². The van der Waals surface area contributed by atoms with Crippen molar-refractivity contribution in [2.75, 3.05) is 25.0 Å². The lowest BCUT2D eigenvalue weighted by Gasteiger charge is -2.07. The molecule has 0 atom stereocenters. The normalized spacial score (nSPS) is 9.36. The lowest BCUT2D eigenvalue weighted by molar-refractivity contribution is -0.125. The van der Waals surface area contributed by atoms with Crippen LogP contribution < -0.4 is 21.7 Å². The standard InChI is InChI=1S/C13H17BrN4O3.ClH/c14-9-1-3-10(4-2-9)18-11(19)5-6-16-13(21)8-17-12(20)7-15;/h1-4H,5-8,15H2,(H,16,21)(H,17,20)(H,18,19);1H. The molecule has 5 N–H and O–H groups in total. The highest BCUT2D eigenvalue weighted by molar-refractivity contribution is 9.10. The van der Waals surface area contributed by atoms with Crippen LogP contribution in [0.3, 0.4) is 0 Å². The Morgan fingerprint density at radius 2 is 1.64 bits per heavy atom. The molecule has 9 heteroatoms. The van der Waals surface area contributed by atoms with Gasteiger partial charge in [-0.3, -0.25) is 14.4 Å². The molecule has 0 unspecified atom stereocenters. The predicted molar refractivity (Wildman–Crippen MR) is 89.7 cm³/mol. The summed E-state index contributed by atoms with van der Waals surface area (Å²) in [5.41, 5.74) is 5.77. The number of hydrogen-bond acceptors (Lipinski definition) is 4. The van der Waals surface area contributed by atoms with Gasteiger partial charge in [0, 0.05) is 23.1 Å². The van der Waals surface area contributed by atoms with E-state index in [2.05, 4.69) is 31.9 Å². The van der Waals surface area contributed by atoms with Crippen LogP contribution in [0.25, 0.3) is 0 Å². The van der Waals surface area contributed by atoms with E-state index >= 15 is 0 Å². The Morgan fingerprint density at radius 1 is 1.00 bits per heavy atom. The van der Waals surface area contributed by atoms with Crippen LogP contribution in [0.2, 0.25) is 0 Å². The van der Waals surface area contributed by atoms with Crippen LogP contribution >= 0.6 is 28.3 Å². The van der Waals surface area contributed by atoms with Crippen molar-refractivity contribution in [1.82, 2.24) is 10.6 Å². The number of benzene rings is 1. The number of nitrogens with two attached hydrogens (primary N) is 1. The third-order valence-electron chi connectivity index (χ3n) is 2.43. The van der Waals surface area contributed by atoms with Gasteiger partial charge in [-0.25, -0.2) is 0 Å². The summed E-state index contributed by atoms with van der Waals surface area (Å²) in [4.78, 5) is 33.8. The molecular formula is C13H18BrClN4O3. The molecule has 0 saturated heterocycles. The minimum absolute atomic E-state index is 0. The van der Waals surface area contributed by atoms with Gasteiger partial charge in [-0.2, -0.15) is 0 Å². The molecule has 1 aromatic rings. The van der Waals surface area contributed by atoms with E-state index in [1.54, 1.807) is 12.1 Å². The van der Waals surface area contributed by atoms with Crippen LogP contribution in [-0.4, -0.2) is 37.4 Å². The Bertz CT molecular complexity index is 511. The largest absolute Gasteiger partial charge is 0.354 e. The zero-order valence-corrected chi connectivity index (χ0v) is 14.1. The topological polar surface area (TPSA) is 113 Å². The molecule has 3 amide bonds. The van der Waals surface area contributed by atoms with E-state index < -0.39 is 5.91 Å². The van der Waals surface area contributed by atoms with E-state index in [4.69, 9.17) is 5.73 Å². The highest BCUT2D eigenvalue weighted by atomic mass is 79.9. The fraction of sp³-hybridized carbons (Fsp3) is 0.308. The summed E-state index contributed by atoms with van der Waals surface area (Å²) in [5, 5.41) is 7.56. The lowest BCUT2D eigenvalue weighted by Crippen LogP contribution is -2.40. The van der Waals surface area contributed by atoms with Crippen LogP contribution in [0.15, 0.2) is 28.7 Å². The molecule has 0 aromatic heterocycles. The summed E-state index contributed by atoms with van der Waals surface area (Å²) >= 11 is 3.30. The minimum Gasteiger partial charge on any atom is -0.354 e. The molecule has 22 heavy (non-hydrogen) atoms. The predicted octanol–water partition coefficient (Wildman–Crippen LogP) is 0.391. The lowest BCUT2D eigenvalue weighted by atomic mass is 10.3. The maximum Gasteiger partial charge on any atom is 0.239 e. The molecule has 0 fully saturated rings. The molecule has 1 aromatic carbocycles. The highest BCUT2D eigenvalue weighted by Crippen LogP contribution is 2.14. The number of rotatable bonds is 7. The van der Waals surface area contributed by atoms with Crippen LogP contribution in [0, 0.1) is 0 Å². The van der Waals surface area contributed by atoms with Crippen LogP contribution in [-0.2, 0) is 14.4 Å². The van der Waals surface area contributed by atoms with Crippen molar-refractivity contribution in [3.63, 3.8) is 0 Å². The summed E-state index contributed by atoms with van der Waals surface area (Å²) < 4.78 is 0.923. The molecule has 0 aliphatic carbocycles. The first kappa shape index (κ1) is 20.4. The second-order valence-electron chi connectivity index (χ2n) is 4.14. The van der Waals surface area contributed by atoms with Gasteiger partial charge in [-0.1, -0.05) is 15.9 Å². The van der Waals surface area contributed by atoms with E-state index in [0.29, 0.717) is 5.69 Å². The molecule has 0 spiro atoms. The SMILES string of the molecule is Cl.NCC(=O)NCC(=O)NCCC(=O)Nc1ccc(Br)cc1. The van der Waals surface area contributed by atoms with Gasteiger partial charge < -0.3 is 21.7 Å². The monoisotopic (exact) mass is 392 g/mol.